The number of hydrazine groups is 1. The van der Waals surface area contributed by atoms with Crippen LogP contribution in [0.5, 0.6) is 0 Å². The quantitative estimate of drug-likeness (QED) is 0.316. The third-order valence-electron chi connectivity index (χ3n) is 2.12. The number of amidine groups is 1. The molecule has 0 bridgehead atoms. The number of aromatic nitrogens is 4. The van der Waals surface area contributed by atoms with Crippen LogP contribution in [0.15, 0.2) is 12.5 Å². The summed E-state index contributed by atoms with van der Waals surface area (Å²) in [6.45, 7) is 1.95. The third kappa shape index (κ3) is 1.71. The number of hydrogen-bond donors (Lipinski definition) is 4. The third-order valence-corrected chi connectivity index (χ3v) is 2.12. The van der Waals surface area contributed by atoms with E-state index in [0.717, 1.165) is 5.69 Å². The highest BCUT2D eigenvalue weighted by Crippen LogP contribution is 2.07. The van der Waals surface area contributed by atoms with Crippen LogP contribution in [0.2, 0.25) is 0 Å². The molecule has 0 atom stereocenters. The minimum Gasteiger partial charge on any atom is -0.297 e. The van der Waals surface area contributed by atoms with Gasteiger partial charge in [0.1, 0.15) is 12.0 Å². The Morgan fingerprint density at radius 1 is 1.62 bits per heavy atom. The van der Waals surface area contributed by atoms with Crippen molar-refractivity contribution in [2.75, 3.05) is 0 Å². The Bertz CT molecular complexity index is 520. The molecular formula is C8H11N7O. The van der Waals surface area contributed by atoms with Gasteiger partial charge >= 0.3 is 0 Å². The van der Waals surface area contributed by atoms with Gasteiger partial charge in [0.15, 0.2) is 11.5 Å². The van der Waals surface area contributed by atoms with Crippen LogP contribution in [0.4, 0.5) is 0 Å². The molecule has 0 fully saturated rings. The normalized spacial score (nSPS) is 10.6. The van der Waals surface area contributed by atoms with Gasteiger partial charge in [0, 0.05) is 6.20 Å². The Morgan fingerprint density at radius 3 is 3.12 bits per heavy atom. The molecule has 2 aromatic heterocycles. The van der Waals surface area contributed by atoms with Crippen molar-refractivity contribution in [1.29, 1.82) is 5.41 Å². The maximum Gasteiger partial charge on any atom is 0.182 e. The van der Waals surface area contributed by atoms with E-state index >= 15 is 0 Å². The monoisotopic (exact) mass is 221 g/mol. The molecule has 8 nitrogen and oxygen atoms in total. The predicted molar refractivity (Wildman–Crippen MR) is 55.0 cm³/mol. The lowest BCUT2D eigenvalue weighted by Gasteiger charge is -2.07. The first-order valence-electron chi connectivity index (χ1n) is 4.69. The zero-order valence-corrected chi connectivity index (χ0v) is 8.60. The van der Waals surface area contributed by atoms with Crippen molar-refractivity contribution in [1.82, 2.24) is 30.6 Å². The van der Waals surface area contributed by atoms with E-state index in [2.05, 4.69) is 20.6 Å². The molecule has 4 N–H and O–H groups in total. The van der Waals surface area contributed by atoms with E-state index in [1.54, 1.807) is 22.5 Å². The summed E-state index contributed by atoms with van der Waals surface area (Å²) < 4.78 is 1.69. The lowest BCUT2D eigenvalue weighted by molar-refractivity contribution is 0.144. The van der Waals surface area contributed by atoms with Crippen molar-refractivity contribution in [3.8, 4) is 0 Å². The second-order valence-electron chi connectivity index (χ2n) is 3.10. The maximum absolute atomic E-state index is 8.44. The minimum absolute atomic E-state index is 0.0344. The van der Waals surface area contributed by atoms with Crippen LogP contribution < -0.4 is 11.0 Å². The molecule has 2 aromatic rings. The molecule has 0 spiro atoms. The van der Waals surface area contributed by atoms with Gasteiger partial charge in [0.2, 0.25) is 0 Å². The van der Waals surface area contributed by atoms with E-state index in [4.69, 9.17) is 10.6 Å². The van der Waals surface area contributed by atoms with E-state index in [-0.39, 0.29) is 5.84 Å². The SMILES string of the molecule is CCc1nc(C(=N)NNO)cn2cnnc12. The fraction of sp³-hybridized carbons (Fsp3) is 0.250. The summed E-state index contributed by atoms with van der Waals surface area (Å²) in [7, 11) is 0. The predicted octanol–water partition coefficient (Wildman–Crippen LogP) is -0.505. The summed E-state index contributed by atoms with van der Waals surface area (Å²) in [6.07, 6.45) is 3.84. The summed E-state index contributed by atoms with van der Waals surface area (Å²) in [4.78, 5) is 4.25. The molecule has 0 aliphatic rings. The van der Waals surface area contributed by atoms with Crippen LogP contribution >= 0.6 is 0 Å². The van der Waals surface area contributed by atoms with Gasteiger partial charge in [-0.1, -0.05) is 6.92 Å². The summed E-state index contributed by atoms with van der Waals surface area (Å²) in [6, 6.07) is 0. The lowest BCUT2D eigenvalue weighted by Crippen LogP contribution is -2.35. The average Bonchev–Trinajstić information content (AvgIpc) is 2.75. The van der Waals surface area contributed by atoms with E-state index in [0.29, 0.717) is 17.8 Å². The van der Waals surface area contributed by atoms with Crippen LogP contribution in [-0.2, 0) is 6.42 Å². The molecule has 2 heterocycles. The van der Waals surface area contributed by atoms with Gasteiger partial charge in [0.05, 0.1) is 5.69 Å². The number of nitrogens with one attached hydrogen (secondary N) is 3. The Balaban J connectivity index is 2.51. The average molecular weight is 221 g/mol. The first-order chi connectivity index (χ1) is 7.76. The Kier molecular flexibility index (Phi) is 2.75. The van der Waals surface area contributed by atoms with Crippen molar-refractivity contribution in [2.24, 2.45) is 0 Å². The minimum atomic E-state index is -0.0344. The molecule has 84 valence electrons. The van der Waals surface area contributed by atoms with Crippen LogP contribution in [0.3, 0.4) is 0 Å². The van der Waals surface area contributed by atoms with E-state index in [1.165, 1.54) is 0 Å². The largest absolute Gasteiger partial charge is 0.297 e. The molecule has 0 saturated carbocycles. The zero-order chi connectivity index (χ0) is 11.5. The first kappa shape index (κ1) is 10.5. The van der Waals surface area contributed by atoms with Gasteiger partial charge in [-0.05, 0) is 6.42 Å². The first-order valence-corrected chi connectivity index (χ1v) is 4.69. The van der Waals surface area contributed by atoms with Crippen molar-refractivity contribution in [3.63, 3.8) is 0 Å². The summed E-state index contributed by atoms with van der Waals surface area (Å²) in [5.41, 5.74) is 5.75. The molecule has 16 heavy (non-hydrogen) atoms. The van der Waals surface area contributed by atoms with Crippen LogP contribution in [0.1, 0.15) is 18.3 Å². The van der Waals surface area contributed by atoms with Crippen LogP contribution in [0, 0.1) is 5.41 Å². The molecule has 0 radical (unpaired) electrons. The summed E-state index contributed by atoms with van der Waals surface area (Å²) >= 11 is 0. The van der Waals surface area contributed by atoms with Gasteiger partial charge in [-0.25, -0.2) is 4.98 Å². The topological polar surface area (TPSA) is 111 Å². The zero-order valence-electron chi connectivity index (χ0n) is 8.60. The van der Waals surface area contributed by atoms with E-state index in [9.17, 15) is 0 Å². The van der Waals surface area contributed by atoms with Crippen molar-refractivity contribution in [3.05, 3.63) is 23.9 Å². The molecule has 0 aromatic carbocycles. The molecule has 8 heteroatoms. The Labute approximate surface area is 90.8 Å². The number of aryl methyl sites for hydroxylation is 1. The van der Waals surface area contributed by atoms with Gasteiger partial charge in [-0.2, -0.15) is 0 Å². The summed E-state index contributed by atoms with van der Waals surface area (Å²) in [5, 5.41) is 23.7. The highest BCUT2D eigenvalue weighted by molar-refractivity contribution is 5.94. The number of rotatable bonds is 3. The molecule has 0 unspecified atom stereocenters. The molecule has 0 amide bonds. The number of fused-ring (bicyclic) bond motifs is 1. The van der Waals surface area contributed by atoms with E-state index < -0.39 is 0 Å². The molecular weight excluding hydrogens is 210 g/mol. The number of nitrogens with zero attached hydrogens (tertiary/aromatic N) is 4. The fourth-order valence-corrected chi connectivity index (χ4v) is 1.38. The van der Waals surface area contributed by atoms with Crippen molar-refractivity contribution in [2.45, 2.75) is 13.3 Å². The fourth-order valence-electron chi connectivity index (χ4n) is 1.38. The lowest BCUT2D eigenvalue weighted by atomic mass is 10.3. The Morgan fingerprint density at radius 2 is 2.44 bits per heavy atom. The second-order valence-corrected chi connectivity index (χ2v) is 3.10. The molecule has 0 aliphatic carbocycles. The highest BCUT2D eigenvalue weighted by atomic mass is 16.5. The summed E-state index contributed by atoms with van der Waals surface area (Å²) in [5.74, 6) is -0.0344. The molecule has 0 saturated heterocycles. The highest BCUT2D eigenvalue weighted by Gasteiger charge is 2.09. The van der Waals surface area contributed by atoms with Gasteiger partial charge in [-0.3, -0.25) is 20.4 Å². The second kappa shape index (κ2) is 4.21. The van der Waals surface area contributed by atoms with Crippen molar-refractivity contribution >= 4 is 11.5 Å². The molecule has 0 aliphatic heterocycles. The van der Waals surface area contributed by atoms with Crippen LogP contribution in [0.25, 0.3) is 5.65 Å². The smallest absolute Gasteiger partial charge is 0.182 e. The van der Waals surface area contributed by atoms with E-state index in [1.807, 2.05) is 6.92 Å². The van der Waals surface area contributed by atoms with Gasteiger partial charge < -0.3 is 0 Å². The molecule has 2 rings (SSSR count). The van der Waals surface area contributed by atoms with Gasteiger partial charge in [0.25, 0.3) is 0 Å². The standard InChI is InChI=1S/C8H11N7O/c1-2-5-8-13-10-4-15(8)3-6(11-5)7(9)12-14-16/h3-4,14,16H,2H2,1H3,(H2,9,12). The van der Waals surface area contributed by atoms with Crippen molar-refractivity contribution < 1.29 is 5.21 Å². The maximum atomic E-state index is 8.44. The number of hydrogen-bond acceptors (Lipinski definition) is 6. The van der Waals surface area contributed by atoms with Gasteiger partial charge in [-0.15, -0.1) is 15.8 Å². The van der Waals surface area contributed by atoms with Crippen LogP contribution in [-0.4, -0.2) is 30.6 Å². The Hall–Kier alpha value is -2.06.